The Morgan fingerprint density at radius 2 is 1.61 bits per heavy atom. The van der Waals surface area contributed by atoms with Gasteiger partial charge < -0.3 is 29.2 Å². The largest absolute Gasteiger partial charge is 0.491 e. The van der Waals surface area contributed by atoms with E-state index >= 15 is 0 Å². The number of hydrogen-bond donors (Lipinski definition) is 1. The summed E-state index contributed by atoms with van der Waals surface area (Å²) in [6.45, 7) is 7.09. The number of aromatic nitrogens is 2. The van der Waals surface area contributed by atoms with Crippen molar-refractivity contribution < 1.29 is 19.1 Å². The third-order valence-corrected chi connectivity index (χ3v) is 8.32. The number of carbonyl (C=O) groups is 2. The summed E-state index contributed by atoms with van der Waals surface area (Å²) in [6.07, 6.45) is 3.00. The summed E-state index contributed by atoms with van der Waals surface area (Å²) < 4.78 is 13.0. The Morgan fingerprint density at radius 1 is 0.864 bits per heavy atom. The highest BCUT2D eigenvalue weighted by atomic mass is 16.5. The van der Waals surface area contributed by atoms with Crippen molar-refractivity contribution in [3.8, 4) is 16.9 Å². The van der Waals surface area contributed by atoms with E-state index in [1.54, 1.807) is 7.11 Å². The summed E-state index contributed by atoms with van der Waals surface area (Å²) in [5, 5.41) is 2.85. The maximum Gasteiger partial charge on any atom is 0.298 e. The highest BCUT2D eigenvalue weighted by molar-refractivity contribution is 6.47. The number of fused-ring (bicyclic) bond motifs is 1. The molecule has 2 aromatic carbocycles. The van der Waals surface area contributed by atoms with Gasteiger partial charge in [0.25, 0.3) is 11.7 Å². The lowest BCUT2D eigenvalue weighted by Gasteiger charge is -2.37. The van der Waals surface area contributed by atoms with E-state index in [1.165, 1.54) is 0 Å². The number of piperazine rings is 1. The molecule has 9 heteroatoms. The van der Waals surface area contributed by atoms with Crippen molar-refractivity contribution in [2.75, 3.05) is 61.6 Å². The first-order valence-corrected chi connectivity index (χ1v) is 15.3. The number of aryl methyl sites for hydroxylation is 2. The second-order valence-electron chi connectivity index (χ2n) is 11.3. The van der Waals surface area contributed by atoms with Crippen LogP contribution in [0.3, 0.4) is 0 Å². The third kappa shape index (κ3) is 6.48. The van der Waals surface area contributed by atoms with Crippen LogP contribution in [0, 0.1) is 6.92 Å². The molecule has 2 aromatic heterocycles. The zero-order valence-electron chi connectivity index (χ0n) is 25.4. The van der Waals surface area contributed by atoms with Gasteiger partial charge in [0.15, 0.2) is 0 Å². The number of nitrogens with one attached hydrogen (secondary N) is 1. The van der Waals surface area contributed by atoms with Gasteiger partial charge in [0.2, 0.25) is 0 Å². The summed E-state index contributed by atoms with van der Waals surface area (Å²) in [6, 6.07) is 23.6. The Labute approximate surface area is 258 Å². The van der Waals surface area contributed by atoms with Gasteiger partial charge in [-0.1, -0.05) is 30.3 Å². The topological polar surface area (TPSA) is 88.9 Å². The minimum atomic E-state index is -0.619. The summed E-state index contributed by atoms with van der Waals surface area (Å²) in [7, 11) is 1.66. The van der Waals surface area contributed by atoms with Crippen LogP contribution in [-0.2, 0) is 22.5 Å². The number of benzene rings is 2. The van der Waals surface area contributed by atoms with Gasteiger partial charge in [-0.2, -0.15) is 0 Å². The molecule has 44 heavy (non-hydrogen) atoms. The van der Waals surface area contributed by atoms with Gasteiger partial charge >= 0.3 is 0 Å². The fourth-order valence-electron chi connectivity index (χ4n) is 6.08. The Kier molecular flexibility index (Phi) is 8.93. The lowest BCUT2D eigenvalue weighted by atomic mass is 10.0. The molecule has 1 N–H and O–H groups in total. The van der Waals surface area contributed by atoms with Crippen LogP contribution in [0.5, 0.6) is 5.75 Å². The van der Waals surface area contributed by atoms with E-state index in [1.807, 2.05) is 78.2 Å². The number of pyridine rings is 1. The van der Waals surface area contributed by atoms with Crippen LogP contribution in [0.25, 0.3) is 11.1 Å². The van der Waals surface area contributed by atoms with Gasteiger partial charge in [-0.25, -0.2) is 4.98 Å². The van der Waals surface area contributed by atoms with Gasteiger partial charge in [-0.3, -0.25) is 9.59 Å². The molecule has 1 amide bonds. The third-order valence-electron chi connectivity index (χ3n) is 8.32. The van der Waals surface area contributed by atoms with Gasteiger partial charge in [-0.05, 0) is 62.1 Å². The average molecular weight is 594 g/mol. The van der Waals surface area contributed by atoms with Crippen molar-refractivity contribution in [3.05, 3.63) is 89.9 Å². The molecule has 2 aliphatic rings. The summed E-state index contributed by atoms with van der Waals surface area (Å²) >= 11 is 0. The summed E-state index contributed by atoms with van der Waals surface area (Å²) in [4.78, 5) is 36.2. The molecule has 228 valence electrons. The van der Waals surface area contributed by atoms with Crippen LogP contribution >= 0.6 is 0 Å². The van der Waals surface area contributed by atoms with E-state index < -0.39 is 11.7 Å². The normalized spacial score (nSPS) is 14.7. The first-order chi connectivity index (χ1) is 21.5. The maximum absolute atomic E-state index is 13.6. The van der Waals surface area contributed by atoms with Crippen LogP contribution in [0.1, 0.15) is 34.7 Å². The molecule has 1 saturated heterocycles. The second kappa shape index (κ2) is 13.3. The smallest absolute Gasteiger partial charge is 0.298 e. The molecule has 0 spiro atoms. The standard InChI is InChI=1S/C35H39N5O4/c1-25-22-30(44-21-20-43-2)24-32(36-25)39-18-16-38(17-19-39)28-13-11-27(12-14-28)37-35(42)34(41)33-31(26-8-4-3-5-9-26)23-29-10-6-7-15-40(29)33/h3-5,8-9,11-14,22-24H,6-7,10,15-21H2,1-2H3,(H,37,42). The van der Waals surface area contributed by atoms with Crippen LogP contribution < -0.4 is 19.9 Å². The average Bonchev–Trinajstić information content (AvgIpc) is 3.45. The fourth-order valence-corrected chi connectivity index (χ4v) is 6.08. The predicted molar refractivity (Wildman–Crippen MR) is 173 cm³/mol. The van der Waals surface area contributed by atoms with Crippen molar-refractivity contribution in [2.45, 2.75) is 32.7 Å². The van der Waals surface area contributed by atoms with E-state index in [-0.39, 0.29) is 0 Å². The van der Waals surface area contributed by atoms with Crippen molar-refractivity contribution in [1.82, 2.24) is 9.55 Å². The quantitative estimate of drug-likeness (QED) is 0.150. The Bertz CT molecular complexity index is 1610. The molecular weight excluding hydrogens is 554 g/mol. The Hall–Kier alpha value is -4.63. The van der Waals surface area contributed by atoms with Gasteiger partial charge in [0.1, 0.15) is 23.9 Å². The molecule has 0 unspecified atom stereocenters. The Balaban J connectivity index is 1.09. The van der Waals surface area contributed by atoms with Crippen LogP contribution in [0.15, 0.2) is 72.8 Å². The number of carbonyl (C=O) groups excluding carboxylic acids is 2. The van der Waals surface area contributed by atoms with Crippen LogP contribution in [-0.4, -0.2) is 67.7 Å². The van der Waals surface area contributed by atoms with Crippen molar-refractivity contribution in [1.29, 1.82) is 0 Å². The maximum atomic E-state index is 13.6. The number of rotatable bonds is 10. The molecule has 9 nitrogen and oxygen atoms in total. The molecule has 6 rings (SSSR count). The van der Waals surface area contributed by atoms with Gasteiger partial charge in [-0.15, -0.1) is 0 Å². The summed E-state index contributed by atoms with van der Waals surface area (Å²) in [5.41, 5.74) is 5.96. The minimum absolute atomic E-state index is 0.481. The zero-order valence-corrected chi connectivity index (χ0v) is 25.4. The molecule has 4 heterocycles. The first-order valence-electron chi connectivity index (χ1n) is 15.3. The van der Waals surface area contributed by atoms with Crippen molar-refractivity contribution in [3.63, 3.8) is 0 Å². The van der Waals surface area contributed by atoms with E-state index in [0.717, 1.165) is 91.8 Å². The lowest BCUT2D eigenvalue weighted by molar-refractivity contribution is -0.112. The molecule has 4 aromatic rings. The van der Waals surface area contributed by atoms with Crippen LogP contribution in [0.2, 0.25) is 0 Å². The van der Waals surface area contributed by atoms with E-state index in [4.69, 9.17) is 14.5 Å². The number of hydrogen-bond acceptors (Lipinski definition) is 7. The first kappa shape index (κ1) is 29.4. The molecule has 1 fully saturated rings. The molecule has 2 aliphatic heterocycles. The predicted octanol–water partition coefficient (Wildman–Crippen LogP) is 5.37. The highest BCUT2D eigenvalue weighted by Crippen LogP contribution is 2.32. The number of ether oxygens (including phenoxy) is 2. The van der Waals surface area contributed by atoms with Crippen LogP contribution in [0.4, 0.5) is 17.2 Å². The van der Waals surface area contributed by atoms with E-state index in [2.05, 4.69) is 21.2 Å². The number of nitrogens with zero attached hydrogens (tertiary/aromatic N) is 4. The number of ketones is 1. The molecule has 0 aliphatic carbocycles. The number of Topliss-reactive ketones (excluding diaryl/α,β-unsaturated/α-hetero) is 1. The Morgan fingerprint density at radius 3 is 2.36 bits per heavy atom. The molecule has 0 atom stereocenters. The SMILES string of the molecule is COCCOc1cc(C)nc(N2CCN(c3ccc(NC(=O)C(=O)c4c(-c5ccccc5)cc5n4CCCC5)cc3)CC2)c1. The minimum Gasteiger partial charge on any atom is -0.491 e. The second-order valence-corrected chi connectivity index (χ2v) is 11.3. The zero-order chi connectivity index (χ0) is 30.5. The monoisotopic (exact) mass is 593 g/mol. The number of anilines is 3. The van der Waals surface area contributed by atoms with E-state index in [0.29, 0.717) is 24.6 Å². The van der Waals surface area contributed by atoms with Crippen molar-refractivity contribution in [2.24, 2.45) is 0 Å². The molecule has 0 radical (unpaired) electrons. The lowest BCUT2D eigenvalue weighted by Crippen LogP contribution is -2.46. The van der Waals surface area contributed by atoms with Gasteiger partial charge in [0.05, 0.1) is 6.61 Å². The molecule has 0 saturated carbocycles. The highest BCUT2D eigenvalue weighted by Gasteiger charge is 2.28. The van der Waals surface area contributed by atoms with Gasteiger partial charge in [0, 0.05) is 80.3 Å². The number of methoxy groups -OCH3 is 1. The fraction of sp³-hybridized carbons (Fsp3) is 0.343. The molecular formula is C35H39N5O4. The number of amides is 1. The van der Waals surface area contributed by atoms with Crippen molar-refractivity contribution >= 4 is 28.9 Å². The van der Waals surface area contributed by atoms with E-state index in [9.17, 15) is 9.59 Å². The molecule has 0 bridgehead atoms. The summed E-state index contributed by atoms with van der Waals surface area (Å²) in [5.74, 6) is 0.594.